The number of fused-ring (bicyclic) bond motifs is 2. The fourth-order valence-corrected chi connectivity index (χ4v) is 4.51. The first kappa shape index (κ1) is 23.3. The first-order valence-electron chi connectivity index (χ1n) is 12.8. The van der Waals surface area contributed by atoms with Crippen LogP contribution in [0.1, 0.15) is 33.4 Å². The van der Waals surface area contributed by atoms with Gasteiger partial charge in [-0.1, -0.05) is 133 Å². The zero-order chi connectivity index (χ0) is 25.6. The summed E-state index contributed by atoms with van der Waals surface area (Å²) in [5, 5.41) is 5.04. The van der Waals surface area contributed by atoms with Gasteiger partial charge in [0.2, 0.25) is 0 Å². The van der Waals surface area contributed by atoms with E-state index in [-0.39, 0.29) is 0 Å². The summed E-state index contributed by atoms with van der Waals surface area (Å²) in [5.74, 6) is 6.57. The first-order valence-corrected chi connectivity index (χ1v) is 12.8. The van der Waals surface area contributed by atoms with Gasteiger partial charge in [-0.05, 0) is 80.2 Å². The summed E-state index contributed by atoms with van der Waals surface area (Å²) in [6.45, 7) is 0. The fraction of sp³-hybridized carbons (Fsp3) is 0. The largest absolute Gasteiger partial charge is 0.0617 e. The summed E-state index contributed by atoms with van der Waals surface area (Å²) >= 11 is 0. The van der Waals surface area contributed by atoms with Crippen LogP contribution in [0.2, 0.25) is 0 Å². The van der Waals surface area contributed by atoms with Crippen molar-refractivity contribution < 1.29 is 0 Å². The van der Waals surface area contributed by atoms with Gasteiger partial charge < -0.3 is 0 Å². The van der Waals surface area contributed by atoms with Crippen molar-refractivity contribution in [1.82, 2.24) is 0 Å². The molecule has 0 heterocycles. The zero-order valence-corrected chi connectivity index (χ0v) is 21.0. The van der Waals surface area contributed by atoms with E-state index in [0.29, 0.717) is 0 Å². The average Bonchev–Trinajstić information content (AvgIpc) is 2.99. The van der Waals surface area contributed by atoms with Crippen LogP contribution in [-0.4, -0.2) is 0 Å². The van der Waals surface area contributed by atoms with Gasteiger partial charge in [0.15, 0.2) is 0 Å². The molecular weight excluding hydrogens is 456 g/mol. The highest BCUT2D eigenvalue weighted by atomic mass is 14.0. The molecule has 0 nitrogen and oxygen atoms in total. The van der Waals surface area contributed by atoms with Crippen LogP contribution < -0.4 is 0 Å². The van der Waals surface area contributed by atoms with Crippen molar-refractivity contribution in [2.45, 2.75) is 0 Å². The average molecular weight is 483 g/mol. The molecule has 0 aliphatic carbocycles. The van der Waals surface area contributed by atoms with Gasteiger partial charge in [-0.25, -0.2) is 0 Å². The lowest BCUT2D eigenvalue weighted by atomic mass is 10.1. The van der Waals surface area contributed by atoms with Crippen LogP contribution >= 0.6 is 0 Å². The number of hydrogen-bond donors (Lipinski definition) is 0. The highest BCUT2D eigenvalue weighted by molar-refractivity contribution is 5.87. The quantitative estimate of drug-likeness (QED) is 0.173. The Morgan fingerprint density at radius 1 is 0.316 bits per heavy atom. The molecule has 6 aromatic rings. The molecule has 0 aliphatic rings. The fourth-order valence-electron chi connectivity index (χ4n) is 4.51. The van der Waals surface area contributed by atoms with Crippen molar-refractivity contribution in [3.8, 4) is 11.8 Å². The van der Waals surface area contributed by atoms with Gasteiger partial charge in [0.25, 0.3) is 0 Å². The highest BCUT2D eigenvalue weighted by Crippen LogP contribution is 2.19. The normalized spacial score (nSPS) is 11.3. The summed E-state index contributed by atoms with van der Waals surface area (Å²) in [5.41, 5.74) is 6.73. The monoisotopic (exact) mass is 482 g/mol. The second kappa shape index (κ2) is 10.9. The molecule has 0 bridgehead atoms. The third-order valence-corrected chi connectivity index (χ3v) is 6.66. The van der Waals surface area contributed by atoms with E-state index < -0.39 is 0 Å². The third kappa shape index (κ3) is 5.65. The Balaban J connectivity index is 1.09. The summed E-state index contributed by atoms with van der Waals surface area (Å²) in [4.78, 5) is 0. The van der Waals surface area contributed by atoms with Crippen LogP contribution in [0, 0.1) is 11.8 Å². The lowest BCUT2D eigenvalue weighted by Gasteiger charge is -2.00. The molecule has 6 rings (SSSR count). The van der Waals surface area contributed by atoms with Crippen LogP contribution in [0.5, 0.6) is 0 Å². The van der Waals surface area contributed by atoms with E-state index in [4.69, 9.17) is 0 Å². The van der Waals surface area contributed by atoms with E-state index in [1.807, 2.05) is 0 Å². The van der Waals surface area contributed by atoms with E-state index in [1.165, 1.54) is 32.7 Å². The minimum absolute atomic E-state index is 1.01. The Bertz CT molecular complexity index is 1700. The molecule has 0 amide bonds. The van der Waals surface area contributed by atoms with Crippen LogP contribution in [0.4, 0.5) is 0 Å². The predicted molar refractivity (Wildman–Crippen MR) is 165 cm³/mol. The summed E-state index contributed by atoms with van der Waals surface area (Å²) < 4.78 is 0. The van der Waals surface area contributed by atoms with Crippen molar-refractivity contribution in [1.29, 1.82) is 0 Å². The lowest BCUT2D eigenvalue weighted by Crippen LogP contribution is -1.79. The highest BCUT2D eigenvalue weighted by Gasteiger charge is 1.96. The van der Waals surface area contributed by atoms with Gasteiger partial charge >= 0.3 is 0 Å². The third-order valence-electron chi connectivity index (χ3n) is 6.66. The minimum Gasteiger partial charge on any atom is -0.0617 e. The van der Waals surface area contributed by atoms with Crippen molar-refractivity contribution in [3.05, 3.63) is 167 Å². The standard InChI is InChI=1S/C38H26/c1-3-7-37-27-33(23-25-35(37)5-1)21-19-31-15-11-29(12-16-31)9-10-30-13-17-32(18-14-30)20-22-34-24-26-36-6-2-4-8-38(36)28-34/h1-8,11-28H/b21-19+,22-20+. The molecule has 0 fully saturated rings. The molecule has 178 valence electrons. The Hall–Kier alpha value is -5.12. The topological polar surface area (TPSA) is 0 Å². The molecule has 0 radical (unpaired) electrons. The molecule has 0 N–H and O–H groups in total. The molecule has 0 atom stereocenters. The van der Waals surface area contributed by atoms with E-state index in [1.54, 1.807) is 0 Å². The Morgan fingerprint density at radius 2 is 0.658 bits per heavy atom. The maximum Gasteiger partial charge on any atom is 0.0249 e. The van der Waals surface area contributed by atoms with E-state index >= 15 is 0 Å². The molecular formula is C38H26. The van der Waals surface area contributed by atoms with Gasteiger partial charge in [-0.15, -0.1) is 0 Å². The molecule has 0 saturated heterocycles. The Kier molecular flexibility index (Phi) is 6.66. The maximum atomic E-state index is 3.28. The van der Waals surface area contributed by atoms with Crippen LogP contribution in [-0.2, 0) is 0 Å². The van der Waals surface area contributed by atoms with Crippen molar-refractivity contribution in [2.75, 3.05) is 0 Å². The van der Waals surface area contributed by atoms with Crippen LogP contribution in [0.15, 0.2) is 133 Å². The van der Waals surface area contributed by atoms with Gasteiger partial charge in [0, 0.05) is 11.1 Å². The molecule has 0 spiro atoms. The molecule has 0 heteroatoms. The first-order chi connectivity index (χ1) is 18.8. The lowest BCUT2D eigenvalue weighted by molar-refractivity contribution is 1.59. The molecule has 0 aromatic heterocycles. The Labute approximate surface area is 224 Å². The van der Waals surface area contributed by atoms with Crippen molar-refractivity contribution in [3.63, 3.8) is 0 Å². The maximum absolute atomic E-state index is 3.28. The van der Waals surface area contributed by atoms with Crippen molar-refractivity contribution >= 4 is 45.8 Å². The van der Waals surface area contributed by atoms with Crippen molar-refractivity contribution in [2.24, 2.45) is 0 Å². The SMILES string of the molecule is C(#Cc1ccc(/C=C/c2ccc3ccccc3c2)cc1)c1ccc(/C=C/c2ccc3ccccc3c2)cc1. The molecule has 6 aromatic carbocycles. The van der Waals surface area contributed by atoms with Gasteiger partial charge in [-0.3, -0.25) is 0 Å². The molecule has 38 heavy (non-hydrogen) atoms. The Morgan fingerprint density at radius 3 is 1.08 bits per heavy atom. The summed E-state index contributed by atoms with van der Waals surface area (Å²) in [6.07, 6.45) is 8.60. The number of hydrogen-bond acceptors (Lipinski definition) is 0. The molecule has 0 aliphatic heterocycles. The second-order valence-corrected chi connectivity index (χ2v) is 9.37. The van der Waals surface area contributed by atoms with Crippen LogP contribution in [0.25, 0.3) is 45.8 Å². The predicted octanol–water partition coefficient (Wildman–Crippen LogP) is 9.73. The van der Waals surface area contributed by atoms with Crippen LogP contribution in [0.3, 0.4) is 0 Å². The molecule has 0 saturated carbocycles. The van der Waals surface area contributed by atoms with E-state index in [0.717, 1.165) is 22.3 Å². The smallest absolute Gasteiger partial charge is 0.0249 e. The number of rotatable bonds is 4. The zero-order valence-electron chi connectivity index (χ0n) is 21.0. The van der Waals surface area contributed by atoms with E-state index in [9.17, 15) is 0 Å². The second-order valence-electron chi connectivity index (χ2n) is 9.37. The van der Waals surface area contributed by atoms with E-state index in [2.05, 4.69) is 170 Å². The summed E-state index contributed by atoms with van der Waals surface area (Å²) in [6, 6.07) is 46.7. The van der Waals surface area contributed by atoms with Gasteiger partial charge in [-0.2, -0.15) is 0 Å². The van der Waals surface area contributed by atoms with Gasteiger partial charge in [0.1, 0.15) is 0 Å². The van der Waals surface area contributed by atoms with Gasteiger partial charge in [0.05, 0.1) is 0 Å². The molecule has 0 unspecified atom stereocenters. The minimum atomic E-state index is 1.01. The summed E-state index contributed by atoms with van der Waals surface area (Å²) in [7, 11) is 0. The number of benzene rings is 6.